The summed E-state index contributed by atoms with van der Waals surface area (Å²) in [4.78, 5) is 7.27. The topological polar surface area (TPSA) is 25.4 Å². The zero-order chi connectivity index (χ0) is 13.2. The molecule has 1 aliphatic carbocycles. The lowest BCUT2D eigenvalue weighted by Gasteiger charge is -2.18. The summed E-state index contributed by atoms with van der Waals surface area (Å²) in [6.45, 7) is 5.53. The van der Waals surface area contributed by atoms with Crippen LogP contribution in [0, 0.1) is 11.8 Å². The number of fused-ring (bicyclic) bond motifs is 1. The maximum Gasteiger partial charge on any atom is 0.122 e. The molecule has 0 radical (unpaired) electrons. The molecule has 0 saturated carbocycles. The summed E-state index contributed by atoms with van der Waals surface area (Å²) >= 11 is 1.72. The van der Waals surface area contributed by atoms with E-state index >= 15 is 0 Å². The van der Waals surface area contributed by atoms with Crippen LogP contribution in [0.1, 0.15) is 36.6 Å². The minimum atomic E-state index is 0.115. The molecule has 0 spiro atoms. The van der Waals surface area contributed by atoms with Gasteiger partial charge >= 0.3 is 0 Å². The molecule has 3 atom stereocenters. The lowest BCUT2D eigenvalue weighted by Crippen LogP contribution is -2.20. The molecule has 3 nitrogen and oxygen atoms in total. The van der Waals surface area contributed by atoms with Crippen molar-refractivity contribution in [3.05, 3.63) is 28.2 Å². The Bertz CT molecular complexity index is 441. The van der Waals surface area contributed by atoms with Gasteiger partial charge in [0.2, 0.25) is 0 Å². The van der Waals surface area contributed by atoms with Crippen molar-refractivity contribution in [2.45, 2.75) is 32.4 Å². The fourth-order valence-corrected chi connectivity index (χ4v) is 3.99. The van der Waals surface area contributed by atoms with E-state index in [4.69, 9.17) is 9.72 Å². The van der Waals surface area contributed by atoms with E-state index in [9.17, 15) is 0 Å². The summed E-state index contributed by atoms with van der Waals surface area (Å²) in [5, 5.41) is 3.28. The van der Waals surface area contributed by atoms with Crippen molar-refractivity contribution in [1.29, 1.82) is 0 Å². The van der Waals surface area contributed by atoms with Crippen molar-refractivity contribution in [1.82, 2.24) is 9.88 Å². The molecule has 104 valence electrons. The van der Waals surface area contributed by atoms with Gasteiger partial charge in [0.1, 0.15) is 11.1 Å². The number of hydrogen-bond acceptors (Lipinski definition) is 4. The van der Waals surface area contributed by atoms with Crippen molar-refractivity contribution in [2.24, 2.45) is 11.8 Å². The average molecular weight is 278 g/mol. The predicted molar refractivity (Wildman–Crippen MR) is 78.2 cm³/mol. The van der Waals surface area contributed by atoms with Gasteiger partial charge in [-0.25, -0.2) is 4.98 Å². The van der Waals surface area contributed by atoms with Crippen molar-refractivity contribution in [2.75, 3.05) is 20.2 Å². The number of thiazole rings is 1. The van der Waals surface area contributed by atoms with E-state index in [0.717, 1.165) is 23.4 Å². The van der Waals surface area contributed by atoms with Gasteiger partial charge < -0.3 is 4.74 Å². The van der Waals surface area contributed by atoms with Gasteiger partial charge in [0.25, 0.3) is 0 Å². The minimum Gasteiger partial charge on any atom is -0.375 e. The summed E-state index contributed by atoms with van der Waals surface area (Å²) in [5.74, 6) is 1.75. The van der Waals surface area contributed by atoms with E-state index in [-0.39, 0.29) is 6.10 Å². The molecule has 3 rings (SSSR count). The molecule has 1 aromatic heterocycles. The molecule has 19 heavy (non-hydrogen) atoms. The molecule has 1 aliphatic heterocycles. The Kier molecular flexibility index (Phi) is 4.01. The van der Waals surface area contributed by atoms with Crippen LogP contribution in [0.4, 0.5) is 0 Å². The lowest BCUT2D eigenvalue weighted by atomic mass is 9.86. The summed E-state index contributed by atoms with van der Waals surface area (Å²) in [7, 11) is 1.74. The third-order valence-corrected chi connectivity index (χ3v) is 5.41. The number of rotatable bonds is 4. The third-order valence-electron chi connectivity index (χ3n) is 4.35. The highest BCUT2D eigenvalue weighted by Crippen LogP contribution is 2.33. The quantitative estimate of drug-likeness (QED) is 0.791. The Balaban J connectivity index is 1.59. The molecular weight excluding hydrogens is 256 g/mol. The predicted octanol–water partition coefficient (Wildman–Crippen LogP) is 3.25. The molecule has 0 amide bonds. The van der Waals surface area contributed by atoms with E-state index in [2.05, 4.69) is 29.4 Å². The fraction of sp³-hybridized carbons (Fsp3) is 0.667. The van der Waals surface area contributed by atoms with Gasteiger partial charge in [0.15, 0.2) is 0 Å². The monoisotopic (exact) mass is 278 g/mol. The number of allylic oxidation sites excluding steroid dienone is 2. The molecule has 0 bridgehead atoms. The zero-order valence-electron chi connectivity index (χ0n) is 11.7. The normalized spacial score (nSPS) is 28.5. The molecule has 1 saturated heterocycles. The third kappa shape index (κ3) is 2.91. The second kappa shape index (κ2) is 5.73. The first-order valence-electron chi connectivity index (χ1n) is 7.10. The number of nitrogens with zero attached hydrogens (tertiary/aromatic N) is 2. The second-order valence-corrected chi connectivity index (χ2v) is 6.60. The van der Waals surface area contributed by atoms with Crippen molar-refractivity contribution in [3.63, 3.8) is 0 Å². The highest BCUT2D eigenvalue weighted by Gasteiger charge is 2.32. The van der Waals surface area contributed by atoms with Crippen LogP contribution in [0.15, 0.2) is 17.5 Å². The molecule has 0 aromatic carbocycles. The maximum absolute atomic E-state index is 5.32. The van der Waals surface area contributed by atoms with Gasteiger partial charge in [0.05, 0.1) is 5.69 Å². The van der Waals surface area contributed by atoms with Crippen LogP contribution in [0.25, 0.3) is 0 Å². The molecule has 0 N–H and O–H groups in total. The van der Waals surface area contributed by atoms with Crippen molar-refractivity contribution < 1.29 is 4.74 Å². The van der Waals surface area contributed by atoms with E-state index in [1.54, 1.807) is 18.4 Å². The van der Waals surface area contributed by atoms with E-state index in [1.165, 1.54) is 31.6 Å². The number of hydrogen-bond donors (Lipinski definition) is 0. The SMILES string of the molecule is CO[C@@H](C)c1nc(CN2C[C@H]3CC=CC[C@H]3C2)cs1. The molecule has 2 heterocycles. The van der Waals surface area contributed by atoms with Gasteiger partial charge in [-0.3, -0.25) is 4.90 Å². The van der Waals surface area contributed by atoms with Gasteiger partial charge in [-0.15, -0.1) is 11.3 Å². The van der Waals surface area contributed by atoms with Crippen molar-refractivity contribution in [3.8, 4) is 0 Å². The van der Waals surface area contributed by atoms with Crippen LogP contribution in [-0.4, -0.2) is 30.1 Å². The smallest absolute Gasteiger partial charge is 0.122 e. The average Bonchev–Trinajstić information content (AvgIpc) is 3.04. The van der Waals surface area contributed by atoms with Crippen LogP contribution in [0.2, 0.25) is 0 Å². The largest absolute Gasteiger partial charge is 0.375 e. The number of methoxy groups -OCH3 is 1. The highest BCUT2D eigenvalue weighted by atomic mass is 32.1. The Morgan fingerprint density at radius 3 is 2.68 bits per heavy atom. The first-order valence-corrected chi connectivity index (χ1v) is 7.98. The molecule has 0 unspecified atom stereocenters. The Morgan fingerprint density at radius 1 is 1.37 bits per heavy atom. The Morgan fingerprint density at radius 2 is 2.05 bits per heavy atom. The molecule has 1 aromatic rings. The van der Waals surface area contributed by atoms with Crippen molar-refractivity contribution >= 4 is 11.3 Å². The maximum atomic E-state index is 5.32. The van der Waals surface area contributed by atoms with Crippen LogP contribution < -0.4 is 0 Å². The van der Waals surface area contributed by atoms with E-state index in [1.807, 2.05) is 0 Å². The van der Waals surface area contributed by atoms with E-state index < -0.39 is 0 Å². The standard InChI is InChI=1S/C15H22N2OS/c1-11(18-2)15-16-14(10-19-15)9-17-7-12-5-3-4-6-13(12)8-17/h3-4,10-13H,5-9H2,1-2H3/t11-,12-,13+/m0/s1. The number of likely N-dealkylation sites (tertiary alicyclic amines) is 1. The van der Waals surface area contributed by atoms with Gasteiger partial charge in [-0.2, -0.15) is 0 Å². The number of ether oxygens (including phenoxy) is 1. The second-order valence-electron chi connectivity index (χ2n) is 5.71. The van der Waals surface area contributed by atoms with Gasteiger partial charge in [-0.05, 0) is 31.6 Å². The first-order chi connectivity index (χ1) is 9.26. The van der Waals surface area contributed by atoms with E-state index in [0.29, 0.717) is 0 Å². The molecule has 2 aliphatic rings. The zero-order valence-corrected chi connectivity index (χ0v) is 12.5. The van der Waals surface area contributed by atoms with Gasteiger partial charge in [0, 0.05) is 32.1 Å². The summed E-state index contributed by atoms with van der Waals surface area (Å²) in [6, 6.07) is 0. The summed E-state index contributed by atoms with van der Waals surface area (Å²) < 4.78 is 5.32. The highest BCUT2D eigenvalue weighted by molar-refractivity contribution is 7.09. The van der Waals surface area contributed by atoms with Crippen LogP contribution in [-0.2, 0) is 11.3 Å². The number of aromatic nitrogens is 1. The Hall–Kier alpha value is -0.710. The molecular formula is C15H22N2OS. The Labute approximate surface area is 119 Å². The fourth-order valence-electron chi connectivity index (χ4n) is 3.15. The van der Waals surface area contributed by atoms with Crippen LogP contribution >= 0.6 is 11.3 Å². The summed E-state index contributed by atoms with van der Waals surface area (Å²) in [5.41, 5.74) is 1.20. The summed E-state index contributed by atoms with van der Waals surface area (Å²) in [6.07, 6.45) is 7.36. The van der Waals surface area contributed by atoms with Crippen LogP contribution in [0.5, 0.6) is 0 Å². The lowest BCUT2D eigenvalue weighted by molar-refractivity contribution is 0.119. The molecule has 4 heteroatoms. The van der Waals surface area contributed by atoms with Gasteiger partial charge in [-0.1, -0.05) is 12.2 Å². The van der Waals surface area contributed by atoms with Crippen LogP contribution in [0.3, 0.4) is 0 Å². The minimum absolute atomic E-state index is 0.115. The first kappa shape index (κ1) is 13.3. The molecule has 1 fully saturated rings.